The fourth-order valence-corrected chi connectivity index (χ4v) is 0.794. The van der Waals surface area contributed by atoms with Gasteiger partial charge in [-0.25, -0.2) is 0 Å². The Balaban J connectivity index is 2.24. The zero-order valence-corrected chi connectivity index (χ0v) is 4.58. The van der Waals surface area contributed by atoms with Gasteiger partial charge in [0.05, 0.1) is 12.3 Å². The van der Waals surface area contributed by atoms with E-state index >= 15 is 0 Å². The number of hydrogen-bond acceptors (Lipinski definition) is 3. The van der Waals surface area contributed by atoms with Crippen LogP contribution in [-0.4, -0.2) is 24.1 Å². The summed E-state index contributed by atoms with van der Waals surface area (Å²) in [7, 11) is 0. The summed E-state index contributed by atoms with van der Waals surface area (Å²) in [6.07, 6.45) is 3.56. The molecule has 0 aromatic rings. The molecule has 1 heterocycles. The van der Waals surface area contributed by atoms with Crippen molar-refractivity contribution >= 4 is 6.21 Å². The second-order valence-electron chi connectivity index (χ2n) is 1.82. The Bertz CT molecular complexity index is 86.4. The fraction of sp³-hybridized carbons (Fsp3) is 0.800. The van der Waals surface area contributed by atoms with Crippen LogP contribution in [0.4, 0.5) is 0 Å². The summed E-state index contributed by atoms with van der Waals surface area (Å²) in [6.45, 7) is 0.802. The van der Waals surface area contributed by atoms with Crippen molar-refractivity contribution in [2.24, 2.45) is 5.16 Å². The van der Waals surface area contributed by atoms with E-state index in [-0.39, 0.29) is 6.10 Å². The van der Waals surface area contributed by atoms with Crippen LogP contribution in [0.25, 0.3) is 0 Å². The van der Waals surface area contributed by atoms with Crippen molar-refractivity contribution in [3.05, 3.63) is 0 Å². The van der Waals surface area contributed by atoms with E-state index in [1.807, 2.05) is 0 Å². The monoisotopic (exact) mass is 115 g/mol. The van der Waals surface area contributed by atoms with Crippen molar-refractivity contribution in [3.63, 3.8) is 0 Å². The Morgan fingerprint density at radius 2 is 2.62 bits per heavy atom. The van der Waals surface area contributed by atoms with Crippen molar-refractivity contribution in [2.45, 2.75) is 18.9 Å². The lowest BCUT2D eigenvalue weighted by Crippen LogP contribution is -2.05. The first-order chi connectivity index (χ1) is 3.93. The maximum absolute atomic E-state index is 8.02. The number of ether oxygens (including phenoxy) is 1. The SMILES string of the molecule is O/N=C/C1CCCO1. The van der Waals surface area contributed by atoms with E-state index in [1.54, 1.807) is 0 Å². The maximum atomic E-state index is 8.02. The van der Waals surface area contributed by atoms with Crippen LogP contribution in [-0.2, 0) is 4.74 Å². The molecule has 0 spiro atoms. The molecule has 46 valence electrons. The van der Waals surface area contributed by atoms with Crippen LogP contribution in [0.2, 0.25) is 0 Å². The van der Waals surface area contributed by atoms with Crippen LogP contribution in [0.1, 0.15) is 12.8 Å². The third kappa shape index (κ3) is 1.20. The van der Waals surface area contributed by atoms with Crippen LogP contribution < -0.4 is 0 Å². The third-order valence-electron chi connectivity index (χ3n) is 1.20. The van der Waals surface area contributed by atoms with E-state index < -0.39 is 0 Å². The molecule has 1 aliphatic rings. The molecule has 0 radical (unpaired) electrons. The fourth-order valence-electron chi connectivity index (χ4n) is 0.794. The van der Waals surface area contributed by atoms with E-state index in [4.69, 9.17) is 9.94 Å². The summed E-state index contributed by atoms with van der Waals surface area (Å²) in [5.41, 5.74) is 0. The largest absolute Gasteiger partial charge is 0.411 e. The smallest absolute Gasteiger partial charge is 0.0960 e. The quantitative estimate of drug-likeness (QED) is 0.309. The minimum Gasteiger partial charge on any atom is -0.411 e. The molecule has 1 aliphatic heterocycles. The number of oxime groups is 1. The van der Waals surface area contributed by atoms with Gasteiger partial charge in [-0.3, -0.25) is 0 Å². The van der Waals surface area contributed by atoms with E-state index in [1.165, 1.54) is 6.21 Å². The second kappa shape index (κ2) is 2.67. The molecule has 1 saturated heterocycles. The van der Waals surface area contributed by atoms with Gasteiger partial charge in [0.1, 0.15) is 0 Å². The van der Waals surface area contributed by atoms with Gasteiger partial charge >= 0.3 is 0 Å². The van der Waals surface area contributed by atoms with E-state index in [9.17, 15) is 0 Å². The molecule has 1 fully saturated rings. The Hall–Kier alpha value is -0.570. The molecular formula is C5H9NO2. The highest BCUT2D eigenvalue weighted by Gasteiger charge is 2.11. The molecule has 0 bridgehead atoms. The zero-order valence-electron chi connectivity index (χ0n) is 4.58. The van der Waals surface area contributed by atoms with Crippen LogP contribution in [0.15, 0.2) is 5.16 Å². The summed E-state index contributed by atoms with van der Waals surface area (Å²) in [5, 5.41) is 10.9. The number of hydrogen-bond donors (Lipinski definition) is 1. The lowest BCUT2D eigenvalue weighted by Gasteiger charge is -1.96. The molecule has 8 heavy (non-hydrogen) atoms. The highest BCUT2D eigenvalue weighted by molar-refractivity contribution is 5.62. The molecular weight excluding hydrogens is 106 g/mol. The molecule has 3 heteroatoms. The van der Waals surface area contributed by atoms with E-state index in [2.05, 4.69) is 5.16 Å². The molecule has 1 unspecified atom stereocenters. The Labute approximate surface area is 48.0 Å². The lowest BCUT2D eigenvalue weighted by atomic mass is 10.3. The molecule has 1 atom stereocenters. The molecule has 1 N–H and O–H groups in total. The van der Waals surface area contributed by atoms with Crippen molar-refractivity contribution in [3.8, 4) is 0 Å². The van der Waals surface area contributed by atoms with E-state index in [0.29, 0.717) is 0 Å². The minimum atomic E-state index is 0.0694. The highest BCUT2D eigenvalue weighted by Crippen LogP contribution is 2.08. The minimum absolute atomic E-state index is 0.0694. The van der Waals surface area contributed by atoms with Crippen LogP contribution in [0.5, 0.6) is 0 Å². The average Bonchev–Trinajstić information content (AvgIpc) is 2.19. The maximum Gasteiger partial charge on any atom is 0.0960 e. The van der Waals surface area contributed by atoms with Gasteiger partial charge in [-0.1, -0.05) is 5.16 Å². The van der Waals surface area contributed by atoms with Crippen LogP contribution in [0.3, 0.4) is 0 Å². The second-order valence-corrected chi connectivity index (χ2v) is 1.82. The summed E-state index contributed by atoms with van der Waals surface area (Å²) < 4.78 is 5.08. The topological polar surface area (TPSA) is 41.8 Å². The van der Waals surface area contributed by atoms with Gasteiger partial charge in [-0.05, 0) is 12.8 Å². The summed E-state index contributed by atoms with van der Waals surface area (Å²) in [4.78, 5) is 0. The highest BCUT2D eigenvalue weighted by atomic mass is 16.5. The first-order valence-corrected chi connectivity index (χ1v) is 2.72. The summed E-state index contributed by atoms with van der Waals surface area (Å²) >= 11 is 0. The van der Waals surface area contributed by atoms with Gasteiger partial charge < -0.3 is 9.94 Å². The Morgan fingerprint density at radius 1 is 1.75 bits per heavy atom. The van der Waals surface area contributed by atoms with Crippen LogP contribution in [0, 0.1) is 0 Å². The standard InChI is InChI=1S/C5H9NO2/c7-6-4-5-2-1-3-8-5/h4-5,7H,1-3H2/b6-4+. The van der Waals surface area contributed by atoms with Crippen molar-refractivity contribution in [1.82, 2.24) is 0 Å². The summed E-state index contributed by atoms with van der Waals surface area (Å²) in [5.74, 6) is 0. The molecule has 0 aliphatic carbocycles. The third-order valence-corrected chi connectivity index (χ3v) is 1.20. The van der Waals surface area contributed by atoms with Gasteiger partial charge in [0, 0.05) is 6.61 Å². The van der Waals surface area contributed by atoms with E-state index in [0.717, 1.165) is 19.4 Å². The lowest BCUT2D eigenvalue weighted by molar-refractivity contribution is 0.158. The first kappa shape index (κ1) is 5.56. The van der Waals surface area contributed by atoms with Crippen molar-refractivity contribution in [1.29, 1.82) is 0 Å². The van der Waals surface area contributed by atoms with Gasteiger partial charge in [0.15, 0.2) is 0 Å². The molecule has 3 nitrogen and oxygen atoms in total. The molecule has 0 amide bonds. The number of rotatable bonds is 1. The Kier molecular flexibility index (Phi) is 1.86. The predicted octanol–water partition coefficient (Wildman–Crippen LogP) is 0.625. The van der Waals surface area contributed by atoms with Crippen molar-refractivity contribution < 1.29 is 9.94 Å². The predicted molar refractivity (Wildman–Crippen MR) is 29.3 cm³/mol. The number of nitrogens with zero attached hydrogens (tertiary/aromatic N) is 1. The van der Waals surface area contributed by atoms with Gasteiger partial charge in [0.25, 0.3) is 0 Å². The first-order valence-electron chi connectivity index (χ1n) is 2.72. The molecule has 0 aromatic carbocycles. The zero-order chi connectivity index (χ0) is 5.82. The van der Waals surface area contributed by atoms with Gasteiger partial charge in [0.2, 0.25) is 0 Å². The molecule has 0 saturated carbocycles. The normalized spacial score (nSPS) is 29.8. The van der Waals surface area contributed by atoms with Gasteiger partial charge in [-0.2, -0.15) is 0 Å². The van der Waals surface area contributed by atoms with Crippen LogP contribution >= 0.6 is 0 Å². The average molecular weight is 115 g/mol. The summed E-state index contributed by atoms with van der Waals surface area (Å²) in [6, 6.07) is 0. The van der Waals surface area contributed by atoms with Gasteiger partial charge in [-0.15, -0.1) is 0 Å². The molecule has 1 rings (SSSR count). The van der Waals surface area contributed by atoms with Crippen molar-refractivity contribution in [2.75, 3.05) is 6.61 Å². The Morgan fingerprint density at radius 3 is 3.12 bits per heavy atom. The molecule has 0 aromatic heterocycles.